The average Bonchev–Trinajstić information content (AvgIpc) is 3.66. The second-order valence-corrected chi connectivity index (χ2v) is 29.4. The van der Waals surface area contributed by atoms with Crippen LogP contribution in [-0.2, 0) is 65.4 Å². The number of rotatable bonds is 72. The third kappa shape index (κ3) is 66.5. The Hall–Kier alpha value is -1.94. The Morgan fingerprint density at radius 2 is 0.505 bits per heavy atom. The molecule has 0 aromatic heterocycles. The number of unbranched alkanes of at least 4 members (excludes halogenated alkanes) is 44. The van der Waals surface area contributed by atoms with Gasteiger partial charge in [0.2, 0.25) is 0 Å². The van der Waals surface area contributed by atoms with E-state index in [4.69, 9.17) is 37.0 Å². The predicted octanol–water partition coefficient (Wildman–Crippen LogP) is 20.9. The molecule has 3 N–H and O–H groups in total. The van der Waals surface area contributed by atoms with Crippen molar-refractivity contribution in [3.05, 3.63) is 0 Å². The number of ether oxygens (including phenoxy) is 4. The maximum Gasteiger partial charge on any atom is 0.472 e. The number of carbonyl (C=O) groups is 4. The molecule has 0 fully saturated rings. The number of aliphatic hydroxyl groups is 1. The van der Waals surface area contributed by atoms with Gasteiger partial charge in [0.25, 0.3) is 0 Å². The lowest BCUT2D eigenvalue weighted by molar-refractivity contribution is -0.161. The first kappa shape index (κ1) is 89.1. The molecule has 0 amide bonds. The summed E-state index contributed by atoms with van der Waals surface area (Å²) in [5, 5.41) is 10.6. The fourth-order valence-electron chi connectivity index (χ4n) is 11.0. The molecule has 0 saturated heterocycles. The van der Waals surface area contributed by atoms with Crippen molar-refractivity contribution in [2.75, 3.05) is 39.6 Å². The Kier molecular flexibility index (Phi) is 64.0. The van der Waals surface area contributed by atoms with Gasteiger partial charge >= 0.3 is 39.5 Å². The molecule has 0 rings (SSSR count). The topological polar surface area (TPSA) is 237 Å². The molecule has 0 aliphatic rings. The van der Waals surface area contributed by atoms with Crippen LogP contribution in [0.4, 0.5) is 0 Å². The monoisotopic (exact) mass is 1340 g/mol. The van der Waals surface area contributed by atoms with Gasteiger partial charge in [0, 0.05) is 25.7 Å². The molecule has 0 aliphatic heterocycles. The molecule has 0 bridgehead atoms. The highest BCUT2D eigenvalue weighted by Crippen LogP contribution is 2.45. The molecule has 91 heavy (non-hydrogen) atoms. The van der Waals surface area contributed by atoms with Crippen LogP contribution in [0.3, 0.4) is 0 Å². The zero-order valence-corrected chi connectivity index (χ0v) is 60.8. The maximum atomic E-state index is 13.0. The SMILES string of the molecule is CCCCCCCCCCCCCCCCCCC(=O)O[C@H](COC(=O)CCCCCCCCCCCCCCC(C)C)COP(=O)(O)OC[C@@H](O)COP(=O)(O)OC[C@@H](COC(=O)CCCCCCCCCCC)OC(=O)CCCCCCCCCCCCC. The highest BCUT2D eigenvalue weighted by atomic mass is 31.2. The fourth-order valence-corrected chi connectivity index (χ4v) is 12.6. The van der Waals surface area contributed by atoms with Gasteiger partial charge in [0.05, 0.1) is 26.4 Å². The molecular formula is C72H140O17P2. The molecule has 0 saturated carbocycles. The van der Waals surface area contributed by atoms with Crippen molar-refractivity contribution >= 4 is 39.5 Å². The summed E-state index contributed by atoms with van der Waals surface area (Å²) in [6, 6.07) is 0. The fraction of sp³-hybridized carbons (Fsp3) is 0.944. The van der Waals surface area contributed by atoms with E-state index in [1.165, 1.54) is 199 Å². The molecule has 5 atom stereocenters. The van der Waals surface area contributed by atoms with Crippen molar-refractivity contribution in [2.45, 2.75) is 393 Å². The molecule has 0 spiro atoms. The molecule has 19 heteroatoms. The van der Waals surface area contributed by atoms with E-state index in [2.05, 4.69) is 34.6 Å². The lowest BCUT2D eigenvalue weighted by Crippen LogP contribution is -2.30. The minimum atomic E-state index is -4.95. The summed E-state index contributed by atoms with van der Waals surface area (Å²) in [6.45, 7) is 7.26. The van der Waals surface area contributed by atoms with Crippen LogP contribution >= 0.6 is 15.6 Å². The summed E-state index contributed by atoms with van der Waals surface area (Å²) in [5.74, 6) is -1.34. The minimum absolute atomic E-state index is 0.107. The largest absolute Gasteiger partial charge is 0.472 e. The number of phosphoric acid groups is 2. The minimum Gasteiger partial charge on any atom is -0.462 e. The number of phosphoric ester groups is 2. The van der Waals surface area contributed by atoms with Gasteiger partial charge in [-0.3, -0.25) is 37.3 Å². The molecule has 17 nitrogen and oxygen atoms in total. The Morgan fingerprint density at radius 3 is 0.747 bits per heavy atom. The number of aliphatic hydroxyl groups excluding tert-OH is 1. The third-order valence-corrected chi connectivity index (χ3v) is 18.7. The zero-order valence-electron chi connectivity index (χ0n) is 59.0. The van der Waals surface area contributed by atoms with Crippen molar-refractivity contribution in [1.29, 1.82) is 0 Å². The van der Waals surface area contributed by atoms with Crippen LogP contribution in [0.2, 0.25) is 0 Å². The van der Waals surface area contributed by atoms with Gasteiger partial charge in [-0.15, -0.1) is 0 Å². The second kappa shape index (κ2) is 65.4. The lowest BCUT2D eigenvalue weighted by atomic mass is 10.0. The Balaban J connectivity index is 5.23. The van der Waals surface area contributed by atoms with E-state index >= 15 is 0 Å². The van der Waals surface area contributed by atoms with Gasteiger partial charge in [-0.25, -0.2) is 9.13 Å². The van der Waals surface area contributed by atoms with E-state index in [0.29, 0.717) is 25.7 Å². The number of esters is 4. The molecule has 0 aliphatic carbocycles. The van der Waals surface area contributed by atoms with Crippen molar-refractivity contribution < 1.29 is 80.2 Å². The molecule has 0 aromatic carbocycles. The number of carbonyl (C=O) groups excluding carboxylic acids is 4. The first-order valence-electron chi connectivity index (χ1n) is 37.6. The Labute approximate surface area is 556 Å². The summed E-state index contributed by atoms with van der Waals surface area (Å²) < 4.78 is 68.3. The smallest absolute Gasteiger partial charge is 0.462 e. The Bertz CT molecular complexity index is 1750. The summed E-state index contributed by atoms with van der Waals surface area (Å²) >= 11 is 0. The maximum absolute atomic E-state index is 13.0. The highest BCUT2D eigenvalue weighted by Gasteiger charge is 2.30. The van der Waals surface area contributed by atoms with Crippen LogP contribution in [0, 0.1) is 5.92 Å². The normalized spacial score (nSPS) is 14.0. The van der Waals surface area contributed by atoms with E-state index in [-0.39, 0.29) is 25.7 Å². The van der Waals surface area contributed by atoms with Crippen LogP contribution in [0.5, 0.6) is 0 Å². The van der Waals surface area contributed by atoms with E-state index in [1.54, 1.807) is 0 Å². The molecule has 540 valence electrons. The molecule has 0 heterocycles. The van der Waals surface area contributed by atoms with Crippen LogP contribution < -0.4 is 0 Å². The van der Waals surface area contributed by atoms with Gasteiger partial charge in [-0.05, 0) is 31.6 Å². The highest BCUT2D eigenvalue weighted by molar-refractivity contribution is 7.47. The predicted molar refractivity (Wildman–Crippen MR) is 368 cm³/mol. The zero-order chi connectivity index (χ0) is 67.0. The van der Waals surface area contributed by atoms with E-state index in [1.807, 2.05) is 0 Å². The summed E-state index contributed by atoms with van der Waals surface area (Å²) in [7, 11) is -9.90. The van der Waals surface area contributed by atoms with E-state index < -0.39 is 97.5 Å². The van der Waals surface area contributed by atoms with Crippen molar-refractivity contribution in [1.82, 2.24) is 0 Å². The van der Waals surface area contributed by atoms with Crippen LogP contribution in [0.25, 0.3) is 0 Å². The van der Waals surface area contributed by atoms with Gasteiger partial charge < -0.3 is 33.8 Å². The average molecular weight is 1340 g/mol. The molecular weight excluding hydrogens is 1200 g/mol. The van der Waals surface area contributed by atoms with Crippen molar-refractivity contribution in [3.63, 3.8) is 0 Å². The number of hydrogen-bond acceptors (Lipinski definition) is 15. The quantitative estimate of drug-likeness (QED) is 0.0222. The van der Waals surface area contributed by atoms with Crippen LogP contribution in [0.1, 0.15) is 375 Å². The number of hydrogen-bond donors (Lipinski definition) is 3. The van der Waals surface area contributed by atoms with Gasteiger partial charge in [0.15, 0.2) is 12.2 Å². The Morgan fingerprint density at radius 1 is 0.297 bits per heavy atom. The lowest BCUT2D eigenvalue weighted by Gasteiger charge is -2.21. The van der Waals surface area contributed by atoms with Gasteiger partial charge in [-0.2, -0.15) is 0 Å². The molecule has 2 unspecified atom stereocenters. The van der Waals surface area contributed by atoms with Crippen LogP contribution in [0.15, 0.2) is 0 Å². The third-order valence-electron chi connectivity index (χ3n) is 16.8. The molecule has 0 radical (unpaired) electrons. The first-order chi connectivity index (χ1) is 44.0. The van der Waals surface area contributed by atoms with E-state index in [0.717, 1.165) is 95.8 Å². The second-order valence-electron chi connectivity index (χ2n) is 26.5. The summed E-state index contributed by atoms with van der Waals surface area (Å²) in [5.41, 5.74) is 0. The molecule has 0 aromatic rings. The summed E-state index contributed by atoms with van der Waals surface area (Å²) in [6.07, 6.45) is 52.6. The first-order valence-corrected chi connectivity index (χ1v) is 40.6. The van der Waals surface area contributed by atoms with Crippen molar-refractivity contribution in [2.24, 2.45) is 5.92 Å². The standard InChI is InChI=1S/C72H140O17P2/c1-6-9-12-15-18-21-23-24-25-26-27-33-38-43-48-53-58-72(77)89-68(62-83-70(75)56-51-46-41-36-32-29-28-31-35-39-44-49-54-65(4)5)64-87-91(80,81)85-60-66(73)59-84-90(78,79)86-63-67(61-82-69(74)55-50-45-40-34-20-17-14-11-8-3)88-71(76)57-52-47-42-37-30-22-19-16-13-10-7-2/h65-68,73H,6-64H2,1-5H3,(H,78,79)(H,80,81)/t66-,67+,68+/m0/s1. The van der Waals surface area contributed by atoms with Gasteiger partial charge in [-0.1, -0.05) is 324 Å². The summed E-state index contributed by atoms with van der Waals surface area (Å²) in [4.78, 5) is 72.6. The van der Waals surface area contributed by atoms with Crippen LogP contribution in [-0.4, -0.2) is 96.7 Å². The van der Waals surface area contributed by atoms with Crippen molar-refractivity contribution in [3.8, 4) is 0 Å². The van der Waals surface area contributed by atoms with E-state index in [9.17, 15) is 43.2 Å². The van der Waals surface area contributed by atoms with Gasteiger partial charge in [0.1, 0.15) is 19.3 Å².